The number of rotatable bonds is 12. The Hall–Kier alpha value is -3.28. The fourth-order valence-electron chi connectivity index (χ4n) is 1.16. The average molecular weight is 344 g/mol. The van der Waals surface area contributed by atoms with Crippen molar-refractivity contribution in [1.82, 2.24) is 20.0 Å². The first-order chi connectivity index (χ1) is 10.6. The maximum atomic E-state index is 10.8. The van der Waals surface area contributed by atoms with E-state index in [9.17, 15) is 40.5 Å². The molecule has 0 radical (unpaired) electrons. The van der Waals surface area contributed by atoms with Crippen LogP contribution >= 0.6 is 0 Å². The summed E-state index contributed by atoms with van der Waals surface area (Å²) in [4.78, 5) is 42.5. The molecule has 132 valence electrons. The lowest BCUT2D eigenvalue weighted by Gasteiger charge is -2.22. The number of nitrogens with zero attached hydrogens (tertiary/aromatic N) is 8. The summed E-state index contributed by atoms with van der Waals surface area (Å²) >= 11 is 0. The van der Waals surface area contributed by atoms with Crippen LogP contribution in [0.3, 0.4) is 0 Å². The van der Waals surface area contributed by atoms with Crippen LogP contribution in [0.15, 0.2) is 0 Å². The van der Waals surface area contributed by atoms with Crippen molar-refractivity contribution >= 4 is 0 Å². The number of nitro groups is 4. The van der Waals surface area contributed by atoms with E-state index in [0.717, 1.165) is 0 Å². The predicted octanol–water partition coefficient (Wildman–Crippen LogP) is -3.27. The zero-order chi connectivity index (χ0) is 18.2. The van der Waals surface area contributed by atoms with Gasteiger partial charge in [-0.2, -0.15) is 0 Å². The summed E-state index contributed by atoms with van der Waals surface area (Å²) in [7, 11) is 0. The lowest BCUT2D eigenvalue weighted by atomic mass is 10.8. The van der Waals surface area contributed by atoms with Gasteiger partial charge in [-0.15, -0.1) is 0 Å². The maximum Gasteiger partial charge on any atom is 0.212 e. The quantitative estimate of drug-likeness (QED) is 0.201. The van der Waals surface area contributed by atoms with E-state index in [2.05, 4.69) is 0 Å². The maximum absolute atomic E-state index is 10.8. The molecule has 0 aromatic carbocycles. The summed E-state index contributed by atoms with van der Waals surface area (Å²) in [5.41, 5.74) is 0. The number of hydrogen-bond donors (Lipinski definition) is 2. The van der Waals surface area contributed by atoms with Gasteiger partial charge in [-0.25, -0.2) is 40.5 Å². The molecule has 0 spiro atoms. The molecule has 0 heterocycles. The molecule has 0 atom stereocenters. The van der Waals surface area contributed by atoms with Crippen molar-refractivity contribution < 1.29 is 30.3 Å². The topological polar surface area (TPSA) is 226 Å². The van der Waals surface area contributed by atoms with E-state index in [0.29, 0.717) is 0 Å². The fourth-order valence-corrected chi connectivity index (χ4v) is 1.16. The highest BCUT2D eigenvalue weighted by atomic mass is 16.7. The van der Waals surface area contributed by atoms with Crippen molar-refractivity contribution in [3.8, 4) is 0 Å². The zero-order valence-corrected chi connectivity index (χ0v) is 11.3. The second-order valence-electron chi connectivity index (χ2n) is 3.68. The zero-order valence-electron chi connectivity index (χ0n) is 11.3. The van der Waals surface area contributed by atoms with Crippen LogP contribution in [0.4, 0.5) is 0 Å². The fraction of sp³-hybridized carbons (Fsp3) is 1.00. The van der Waals surface area contributed by atoms with E-state index in [1.54, 1.807) is 0 Å². The summed E-state index contributed by atoms with van der Waals surface area (Å²) in [6.07, 6.45) is 0. The molecular formula is C5H12N8O10. The van der Waals surface area contributed by atoms with Crippen LogP contribution in [-0.4, -0.2) is 83.8 Å². The molecule has 0 bridgehead atoms. The van der Waals surface area contributed by atoms with Gasteiger partial charge in [0.2, 0.25) is 20.0 Å². The van der Waals surface area contributed by atoms with Crippen LogP contribution in [0.5, 0.6) is 0 Å². The third kappa shape index (κ3) is 6.34. The van der Waals surface area contributed by atoms with Gasteiger partial charge in [-0.1, -0.05) is 20.0 Å². The SMILES string of the molecule is O=[N+]([O-])N(CO)CN(CN(CN(CO)[N+](=O)[O-])[N+](=O)[O-])[N+](=O)[O-]. The van der Waals surface area contributed by atoms with E-state index < -0.39 is 53.6 Å². The third-order valence-electron chi connectivity index (χ3n) is 2.23. The molecule has 0 amide bonds. The minimum Gasteiger partial charge on any atom is -0.371 e. The van der Waals surface area contributed by atoms with E-state index in [1.807, 2.05) is 0 Å². The average Bonchev–Trinajstić information content (AvgIpc) is 2.45. The lowest BCUT2D eigenvalue weighted by molar-refractivity contribution is -0.752. The minimum atomic E-state index is -1.22. The molecule has 0 rings (SSSR count). The van der Waals surface area contributed by atoms with Crippen molar-refractivity contribution in [1.29, 1.82) is 0 Å². The van der Waals surface area contributed by atoms with Gasteiger partial charge >= 0.3 is 0 Å². The lowest BCUT2D eigenvalue weighted by Crippen LogP contribution is -2.53. The molecule has 0 aliphatic rings. The molecule has 2 N–H and O–H groups in total. The second kappa shape index (κ2) is 8.89. The van der Waals surface area contributed by atoms with Crippen molar-refractivity contribution in [2.45, 2.75) is 0 Å². The first-order valence-electron chi connectivity index (χ1n) is 5.42. The Kier molecular flexibility index (Phi) is 7.62. The Morgan fingerprint density at radius 2 is 0.783 bits per heavy atom. The van der Waals surface area contributed by atoms with Gasteiger partial charge in [0, 0.05) is 0 Å². The summed E-state index contributed by atoms with van der Waals surface area (Å²) in [5.74, 6) is 0. The standard InChI is InChI=1S/C5H12N8O10/c14-4-8(12(20)21)2-6(10(16)17)1-7(11(18)19)3-9(5-15)13(22)23/h14-15H,1-5H2. The van der Waals surface area contributed by atoms with Crippen molar-refractivity contribution in [3.63, 3.8) is 0 Å². The van der Waals surface area contributed by atoms with Crippen molar-refractivity contribution in [2.75, 3.05) is 33.5 Å². The van der Waals surface area contributed by atoms with Crippen molar-refractivity contribution in [2.24, 2.45) is 0 Å². The van der Waals surface area contributed by atoms with Crippen LogP contribution in [0, 0.1) is 40.5 Å². The Balaban J connectivity index is 5.10. The van der Waals surface area contributed by atoms with E-state index in [4.69, 9.17) is 10.2 Å². The van der Waals surface area contributed by atoms with Crippen molar-refractivity contribution in [3.05, 3.63) is 40.5 Å². The summed E-state index contributed by atoms with van der Waals surface area (Å²) in [5, 5.41) is 54.9. The molecule has 18 heteroatoms. The number of aliphatic hydroxyl groups excluding tert-OH is 2. The Morgan fingerprint density at radius 3 is 0.957 bits per heavy atom. The largest absolute Gasteiger partial charge is 0.371 e. The highest BCUT2D eigenvalue weighted by Crippen LogP contribution is 2.01. The van der Waals surface area contributed by atoms with Gasteiger partial charge in [0.05, 0.1) is 0 Å². The van der Waals surface area contributed by atoms with Gasteiger partial charge in [-0.3, -0.25) is 0 Å². The smallest absolute Gasteiger partial charge is 0.212 e. The monoisotopic (exact) mass is 344 g/mol. The number of hydrogen-bond acceptors (Lipinski definition) is 10. The molecule has 0 fully saturated rings. The third-order valence-corrected chi connectivity index (χ3v) is 2.23. The molecule has 18 nitrogen and oxygen atoms in total. The molecule has 0 aromatic rings. The van der Waals surface area contributed by atoms with Gasteiger partial charge in [0.25, 0.3) is 0 Å². The normalized spacial score (nSPS) is 9.83. The van der Waals surface area contributed by atoms with Gasteiger partial charge in [0.15, 0.2) is 33.6 Å². The first-order valence-corrected chi connectivity index (χ1v) is 5.42. The van der Waals surface area contributed by atoms with E-state index in [-0.39, 0.29) is 20.0 Å². The number of hydrazine groups is 4. The molecule has 0 saturated carbocycles. The van der Waals surface area contributed by atoms with Crippen LogP contribution in [0.1, 0.15) is 0 Å². The minimum absolute atomic E-state index is 0.0295. The molecule has 0 aliphatic heterocycles. The predicted molar refractivity (Wildman–Crippen MR) is 64.1 cm³/mol. The van der Waals surface area contributed by atoms with Crippen LogP contribution < -0.4 is 0 Å². The van der Waals surface area contributed by atoms with Gasteiger partial charge < -0.3 is 10.2 Å². The number of aliphatic hydroxyl groups is 2. The molecule has 23 heavy (non-hydrogen) atoms. The van der Waals surface area contributed by atoms with E-state index in [1.165, 1.54) is 0 Å². The highest BCUT2D eigenvalue weighted by Gasteiger charge is 2.33. The van der Waals surface area contributed by atoms with Crippen LogP contribution in [0.2, 0.25) is 0 Å². The Bertz CT molecular complexity index is 419. The van der Waals surface area contributed by atoms with Gasteiger partial charge in [0.1, 0.15) is 0 Å². The molecule has 0 saturated heterocycles. The molecular weight excluding hydrogens is 332 g/mol. The molecule has 0 aliphatic carbocycles. The van der Waals surface area contributed by atoms with Crippen LogP contribution in [-0.2, 0) is 0 Å². The van der Waals surface area contributed by atoms with Gasteiger partial charge in [-0.05, 0) is 0 Å². The Labute approximate surface area is 125 Å². The molecule has 0 aromatic heterocycles. The Morgan fingerprint density at radius 1 is 0.565 bits per heavy atom. The van der Waals surface area contributed by atoms with E-state index >= 15 is 0 Å². The van der Waals surface area contributed by atoms with Crippen LogP contribution in [0.25, 0.3) is 0 Å². The summed E-state index contributed by atoms with van der Waals surface area (Å²) in [6.45, 7) is -5.91. The molecule has 0 unspecified atom stereocenters. The summed E-state index contributed by atoms with van der Waals surface area (Å²) < 4.78 is 0. The first kappa shape index (κ1) is 19.7. The second-order valence-corrected chi connectivity index (χ2v) is 3.68. The highest BCUT2D eigenvalue weighted by molar-refractivity contribution is 4.43. The summed E-state index contributed by atoms with van der Waals surface area (Å²) in [6, 6.07) is 0.